The van der Waals surface area contributed by atoms with Crippen molar-refractivity contribution in [3.63, 3.8) is 0 Å². The number of amides is 2. The first kappa shape index (κ1) is 15.7. The lowest BCUT2D eigenvalue weighted by Gasteiger charge is -2.07. The molecule has 0 aromatic carbocycles. The summed E-state index contributed by atoms with van der Waals surface area (Å²) < 4.78 is 0. The van der Waals surface area contributed by atoms with Gasteiger partial charge in [0, 0.05) is 13.1 Å². The minimum Gasteiger partial charge on any atom is -0.306 e. The highest BCUT2D eigenvalue weighted by Gasteiger charge is 2.33. The van der Waals surface area contributed by atoms with Crippen molar-refractivity contribution in [2.45, 2.75) is 13.8 Å². The van der Waals surface area contributed by atoms with Crippen molar-refractivity contribution >= 4 is 22.9 Å². The molecular weight excluding hydrogens is 260 g/mol. The van der Waals surface area contributed by atoms with Crippen LogP contribution in [0.25, 0.3) is 0 Å². The molecule has 104 valence electrons. The zero-order valence-electron chi connectivity index (χ0n) is 11.8. The highest BCUT2D eigenvalue weighted by molar-refractivity contribution is 8.18. The SMILES string of the molecule is C/C=C(\C=C/CN(C)C)/C=C1/SC(=O)N(CC)C1=O. The molecule has 4 nitrogen and oxygen atoms in total. The first-order chi connectivity index (χ1) is 8.99. The van der Waals surface area contributed by atoms with Gasteiger partial charge in [0.1, 0.15) is 0 Å². The van der Waals surface area contributed by atoms with Crippen molar-refractivity contribution in [1.82, 2.24) is 9.80 Å². The summed E-state index contributed by atoms with van der Waals surface area (Å²) in [5.74, 6) is -0.196. The van der Waals surface area contributed by atoms with Crippen LogP contribution < -0.4 is 0 Å². The van der Waals surface area contributed by atoms with E-state index >= 15 is 0 Å². The van der Waals surface area contributed by atoms with Crippen molar-refractivity contribution < 1.29 is 9.59 Å². The molecule has 0 aliphatic carbocycles. The van der Waals surface area contributed by atoms with Gasteiger partial charge in [-0.3, -0.25) is 14.5 Å². The average Bonchev–Trinajstić information content (AvgIpc) is 2.62. The van der Waals surface area contributed by atoms with Crippen LogP contribution in [-0.4, -0.2) is 48.1 Å². The summed E-state index contributed by atoms with van der Waals surface area (Å²) in [7, 11) is 3.98. The van der Waals surface area contributed by atoms with Gasteiger partial charge in [-0.1, -0.05) is 18.2 Å². The van der Waals surface area contributed by atoms with Gasteiger partial charge < -0.3 is 4.90 Å². The van der Waals surface area contributed by atoms with Crippen LogP contribution in [-0.2, 0) is 4.79 Å². The van der Waals surface area contributed by atoms with Crippen molar-refractivity contribution in [2.75, 3.05) is 27.2 Å². The smallest absolute Gasteiger partial charge is 0.293 e. The third-order valence-corrected chi connectivity index (χ3v) is 3.51. The Kier molecular flexibility index (Phi) is 6.05. The average molecular weight is 280 g/mol. The number of rotatable bonds is 5. The predicted octanol–water partition coefficient (Wildman–Crippen LogP) is 2.65. The highest BCUT2D eigenvalue weighted by atomic mass is 32.2. The molecule has 0 radical (unpaired) electrons. The van der Waals surface area contributed by atoms with Crippen LogP contribution >= 0.6 is 11.8 Å². The molecule has 0 aromatic heterocycles. The number of allylic oxidation sites excluding steroid dienone is 4. The van der Waals surface area contributed by atoms with Gasteiger partial charge in [-0.15, -0.1) is 0 Å². The van der Waals surface area contributed by atoms with Crippen LogP contribution in [0.1, 0.15) is 13.8 Å². The molecule has 0 bridgehead atoms. The molecule has 1 aliphatic heterocycles. The largest absolute Gasteiger partial charge is 0.306 e. The Hall–Kier alpha value is -1.33. The second-order valence-electron chi connectivity index (χ2n) is 4.38. The molecule has 1 heterocycles. The quantitative estimate of drug-likeness (QED) is 0.573. The molecule has 19 heavy (non-hydrogen) atoms. The van der Waals surface area contributed by atoms with Crippen molar-refractivity contribution in [1.29, 1.82) is 0 Å². The monoisotopic (exact) mass is 280 g/mol. The van der Waals surface area contributed by atoms with Crippen molar-refractivity contribution in [3.05, 3.63) is 34.8 Å². The van der Waals surface area contributed by atoms with E-state index in [2.05, 4.69) is 4.90 Å². The number of hydrogen-bond donors (Lipinski definition) is 0. The van der Waals surface area contributed by atoms with E-state index in [1.165, 1.54) is 4.90 Å². The van der Waals surface area contributed by atoms with Gasteiger partial charge in [0.2, 0.25) is 0 Å². The Bertz CT molecular complexity index is 450. The summed E-state index contributed by atoms with van der Waals surface area (Å²) in [4.78, 5) is 27.3. The van der Waals surface area contributed by atoms with Gasteiger partial charge in [0.25, 0.3) is 11.1 Å². The lowest BCUT2D eigenvalue weighted by Crippen LogP contribution is -2.27. The predicted molar refractivity (Wildman–Crippen MR) is 79.9 cm³/mol. The maximum atomic E-state index is 11.9. The Labute approximate surface area is 118 Å². The second-order valence-corrected chi connectivity index (χ2v) is 5.37. The Morgan fingerprint density at radius 3 is 2.53 bits per heavy atom. The zero-order chi connectivity index (χ0) is 14.4. The van der Waals surface area contributed by atoms with E-state index in [0.29, 0.717) is 11.4 Å². The Morgan fingerprint density at radius 1 is 1.37 bits per heavy atom. The van der Waals surface area contributed by atoms with Gasteiger partial charge >= 0.3 is 0 Å². The molecule has 1 fully saturated rings. The molecule has 0 saturated carbocycles. The molecule has 0 atom stereocenters. The molecule has 0 N–H and O–H groups in total. The molecular formula is C14H20N2O2S. The van der Waals surface area contributed by atoms with Crippen LogP contribution in [0, 0.1) is 0 Å². The summed E-state index contributed by atoms with van der Waals surface area (Å²) in [6.07, 6.45) is 7.68. The summed E-state index contributed by atoms with van der Waals surface area (Å²) >= 11 is 1.00. The first-order valence-electron chi connectivity index (χ1n) is 6.22. The molecule has 0 spiro atoms. The summed E-state index contributed by atoms with van der Waals surface area (Å²) in [6, 6.07) is 0. The lowest BCUT2D eigenvalue weighted by atomic mass is 10.2. The normalized spacial score (nSPS) is 19.5. The van der Waals surface area contributed by atoms with E-state index in [4.69, 9.17) is 0 Å². The van der Waals surface area contributed by atoms with Gasteiger partial charge in [-0.25, -0.2) is 0 Å². The minimum atomic E-state index is -0.196. The van der Waals surface area contributed by atoms with Gasteiger partial charge in [-0.2, -0.15) is 0 Å². The summed E-state index contributed by atoms with van der Waals surface area (Å²) in [5, 5.41) is -0.188. The van der Waals surface area contributed by atoms with E-state index in [9.17, 15) is 9.59 Å². The number of imide groups is 1. The number of hydrogen-bond acceptors (Lipinski definition) is 4. The summed E-state index contributed by atoms with van der Waals surface area (Å²) in [5.41, 5.74) is 0.934. The topological polar surface area (TPSA) is 40.6 Å². The maximum Gasteiger partial charge on any atom is 0.293 e. The molecule has 0 aromatic rings. The number of carbonyl (C=O) groups is 2. The Balaban J connectivity index is 2.81. The Morgan fingerprint density at radius 2 is 2.05 bits per heavy atom. The summed E-state index contributed by atoms with van der Waals surface area (Å²) in [6.45, 7) is 4.97. The number of carbonyl (C=O) groups excluding carboxylic acids is 2. The molecule has 1 aliphatic rings. The van der Waals surface area contributed by atoms with Gasteiger partial charge in [0.15, 0.2) is 0 Å². The number of nitrogens with zero attached hydrogens (tertiary/aromatic N) is 2. The maximum absolute atomic E-state index is 11.9. The lowest BCUT2D eigenvalue weighted by molar-refractivity contribution is -0.122. The second kappa shape index (κ2) is 7.31. The van der Waals surface area contributed by atoms with Crippen molar-refractivity contribution in [2.24, 2.45) is 0 Å². The highest BCUT2D eigenvalue weighted by Crippen LogP contribution is 2.31. The fourth-order valence-corrected chi connectivity index (χ4v) is 2.45. The van der Waals surface area contributed by atoms with E-state index in [1.807, 2.05) is 39.2 Å². The van der Waals surface area contributed by atoms with E-state index in [0.717, 1.165) is 23.9 Å². The third-order valence-electron chi connectivity index (χ3n) is 2.60. The van der Waals surface area contributed by atoms with Crippen LogP contribution in [0.5, 0.6) is 0 Å². The van der Waals surface area contributed by atoms with Crippen LogP contribution in [0.15, 0.2) is 34.8 Å². The fraction of sp³-hybridized carbons (Fsp3) is 0.429. The van der Waals surface area contributed by atoms with E-state index < -0.39 is 0 Å². The fourth-order valence-electron chi connectivity index (χ4n) is 1.55. The third kappa shape index (κ3) is 4.36. The van der Waals surface area contributed by atoms with Crippen LogP contribution in [0.3, 0.4) is 0 Å². The minimum absolute atomic E-state index is 0.188. The number of likely N-dealkylation sites (N-methyl/N-ethyl adjacent to an activating group) is 2. The standard InChI is InChI=1S/C14H20N2O2S/c1-5-11(8-7-9-15(3)4)10-12-13(17)16(6-2)14(18)19-12/h5,7-8,10H,6,9H2,1-4H3/b8-7-,11-5+,12-10+. The zero-order valence-corrected chi connectivity index (χ0v) is 12.7. The molecule has 1 saturated heterocycles. The number of thioether (sulfide) groups is 1. The van der Waals surface area contributed by atoms with Crippen LogP contribution in [0.4, 0.5) is 4.79 Å². The first-order valence-corrected chi connectivity index (χ1v) is 7.04. The van der Waals surface area contributed by atoms with Gasteiger partial charge in [0.05, 0.1) is 4.91 Å². The molecule has 2 amide bonds. The molecule has 0 unspecified atom stereocenters. The van der Waals surface area contributed by atoms with Crippen molar-refractivity contribution in [3.8, 4) is 0 Å². The van der Waals surface area contributed by atoms with Gasteiger partial charge in [-0.05, 0) is 51.4 Å². The van der Waals surface area contributed by atoms with E-state index in [1.54, 1.807) is 13.0 Å². The van der Waals surface area contributed by atoms with Crippen LogP contribution in [0.2, 0.25) is 0 Å². The molecule has 1 rings (SSSR count). The van der Waals surface area contributed by atoms with E-state index in [-0.39, 0.29) is 11.1 Å². The molecule has 5 heteroatoms.